The smallest absolute Gasteiger partial charge is 0.445 e. The number of aryl methyl sites for hydroxylation is 1. The summed E-state index contributed by atoms with van der Waals surface area (Å²) in [7, 11) is -4.33. The Morgan fingerprint density at radius 3 is 2.35 bits per heavy atom. The minimum atomic E-state index is -4.94. The number of amides is 2. The van der Waals surface area contributed by atoms with Gasteiger partial charge in [-0.25, -0.2) is 18.2 Å². The summed E-state index contributed by atoms with van der Waals surface area (Å²) < 4.78 is 76.5. The predicted molar refractivity (Wildman–Crippen MR) is 188 cm³/mol. The second-order valence-electron chi connectivity index (χ2n) is 12.5. The van der Waals surface area contributed by atoms with Crippen LogP contribution < -0.4 is 15.0 Å². The van der Waals surface area contributed by atoms with Crippen LogP contribution in [0.4, 0.5) is 23.1 Å². The third-order valence-electron chi connectivity index (χ3n) is 8.78. The average molecular weight is 758 g/mol. The summed E-state index contributed by atoms with van der Waals surface area (Å²) >= 11 is 1.38. The standard InChI is InChI=1S/C36H38F3N5O6S2/c1-2-6-25-9-11-26(12-10-25)21-40-33(45)31-22-42(19-20-44(31)52(47,48)29-15-13-28(14-16-29)50-36(37,38)39)34-41-30-17-18-43(23-32(30)51-34)35(46)49-24-27-7-4-3-5-8-27/h3-5,7-16,31H,2,6,17-24H2,1H3,(H,40,45). The molecule has 276 valence electrons. The Hall–Kier alpha value is -4.67. The Balaban J connectivity index is 1.18. The van der Waals surface area contributed by atoms with E-state index in [0.29, 0.717) is 24.6 Å². The Bertz CT molecular complexity index is 1960. The summed E-state index contributed by atoms with van der Waals surface area (Å²) in [4.78, 5) is 35.6. The van der Waals surface area contributed by atoms with Gasteiger partial charge in [0.25, 0.3) is 0 Å². The van der Waals surface area contributed by atoms with Crippen LogP contribution in [0.15, 0.2) is 83.8 Å². The van der Waals surface area contributed by atoms with Crippen LogP contribution in [0.25, 0.3) is 0 Å². The number of halogens is 3. The summed E-state index contributed by atoms with van der Waals surface area (Å²) in [6.45, 7) is 3.24. The van der Waals surface area contributed by atoms with E-state index in [-0.39, 0.29) is 37.7 Å². The van der Waals surface area contributed by atoms with Gasteiger partial charge < -0.3 is 24.6 Å². The van der Waals surface area contributed by atoms with Crippen LogP contribution in [0.5, 0.6) is 5.75 Å². The number of ether oxygens (including phenoxy) is 2. The van der Waals surface area contributed by atoms with E-state index >= 15 is 0 Å². The van der Waals surface area contributed by atoms with Crippen LogP contribution >= 0.6 is 11.3 Å². The number of nitrogens with one attached hydrogen (secondary N) is 1. The van der Waals surface area contributed by atoms with Gasteiger partial charge in [-0.2, -0.15) is 4.31 Å². The van der Waals surface area contributed by atoms with Crippen molar-refractivity contribution in [1.82, 2.24) is 19.5 Å². The highest BCUT2D eigenvalue weighted by Gasteiger charge is 2.41. The first-order valence-electron chi connectivity index (χ1n) is 16.8. The van der Waals surface area contributed by atoms with Gasteiger partial charge in [0, 0.05) is 44.0 Å². The van der Waals surface area contributed by atoms with E-state index in [0.717, 1.165) is 63.1 Å². The Labute approximate surface area is 304 Å². The van der Waals surface area contributed by atoms with Crippen molar-refractivity contribution in [1.29, 1.82) is 0 Å². The molecule has 2 aliphatic heterocycles. The second-order valence-corrected chi connectivity index (χ2v) is 15.4. The second kappa shape index (κ2) is 15.9. The number of anilines is 1. The molecule has 1 fully saturated rings. The minimum Gasteiger partial charge on any atom is -0.445 e. The van der Waals surface area contributed by atoms with Crippen molar-refractivity contribution in [2.75, 3.05) is 31.1 Å². The molecule has 1 saturated heterocycles. The number of benzene rings is 3. The van der Waals surface area contributed by atoms with Gasteiger partial charge in [0.2, 0.25) is 15.9 Å². The van der Waals surface area contributed by atoms with Gasteiger partial charge in [-0.3, -0.25) is 4.79 Å². The molecule has 0 bridgehead atoms. The van der Waals surface area contributed by atoms with Crippen LogP contribution in [0.3, 0.4) is 0 Å². The van der Waals surface area contributed by atoms with Gasteiger partial charge in [0.05, 0.1) is 17.1 Å². The van der Waals surface area contributed by atoms with E-state index < -0.39 is 40.2 Å². The molecule has 2 aliphatic rings. The lowest BCUT2D eigenvalue weighted by Crippen LogP contribution is -2.60. The molecule has 0 spiro atoms. The van der Waals surface area contributed by atoms with Gasteiger partial charge >= 0.3 is 12.5 Å². The molecule has 6 rings (SSSR count). The van der Waals surface area contributed by atoms with E-state index in [2.05, 4.69) is 17.0 Å². The molecule has 1 unspecified atom stereocenters. The molecule has 16 heteroatoms. The van der Waals surface area contributed by atoms with Crippen LogP contribution in [-0.4, -0.2) is 73.2 Å². The number of nitrogens with zero attached hydrogens (tertiary/aromatic N) is 4. The Kier molecular flexibility index (Phi) is 11.4. The first-order chi connectivity index (χ1) is 24.9. The number of carbonyl (C=O) groups is 2. The van der Waals surface area contributed by atoms with Crippen LogP contribution in [0.1, 0.15) is 40.6 Å². The number of hydrogen-bond acceptors (Lipinski definition) is 9. The number of aromatic nitrogens is 1. The molecule has 0 aliphatic carbocycles. The van der Waals surface area contributed by atoms with Crippen LogP contribution in [-0.2, 0) is 52.1 Å². The number of thiazole rings is 1. The molecule has 4 aromatic rings. The summed E-state index contributed by atoms with van der Waals surface area (Å²) in [5, 5.41) is 3.48. The van der Waals surface area contributed by atoms with Gasteiger partial charge in [0.15, 0.2) is 5.13 Å². The van der Waals surface area contributed by atoms with E-state index in [9.17, 15) is 31.2 Å². The number of hydrogen-bond donors (Lipinski definition) is 1. The normalized spacial score (nSPS) is 16.7. The zero-order valence-electron chi connectivity index (χ0n) is 28.3. The first kappa shape index (κ1) is 37.1. The zero-order valence-corrected chi connectivity index (χ0v) is 30.0. The first-order valence-corrected chi connectivity index (χ1v) is 19.1. The van der Waals surface area contributed by atoms with E-state index in [1.807, 2.05) is 59.5 Å². The van der Waals surface area contributed by atoms with Crippen molar-refractivity contribution < 1.29 is 40.7 Å². The summed E-state index contributed by atoms with van der Waals surface area (Å²) in [6.07, 6.45) is -2.93. The highest BCUT2D eigenvalue weighted by atomic mass is 32.2. The van der Waals surface area contributed by atoms with Crippen molar-refractivity contribution >= 4 is 38.5 Å². The highest BCUT2D eigenvalue weighted by molar-refractivity contribution is 7.89. The van der Waals surface area contributed by atoms with Crippen LogP contribution in [0, 0.1) is 0 Å². The molecule has 1 atom stereocenters. The molecule has 52 heavy (non-hydrogen) atoms. The topological polar surface area (TPSA) is 121 Å². The molecule has 1 aromatic heterocycles. The van der Waals surface area contributed by atoms with Gasteiger partial charge in [-0.1, -0.05) is 79.3 Å². The zero-order chi connectivity index (χ0) is 36.9. The molecule has 0 saturated carbocycles. The fourth-order valence-corrected chi connectivity index (χ4v) is 8.82. The highest BCUT2D eigenvalue weighted by Crippen LogP contribution is 2.34. The monoisotopic (exact) mass is 757 g/mol. The molecule has 3 heterocycles. The van der Waals surface area contributed by atoms with Crippen molar-refractivity contribution in [3.63, 3.8) is 0 Å². The number of fused-ring (bicyclic) bond motifs is 1. The van der Waals surface area contributed by atoms with E-state index in [1.165, 1.54) is 16.9 Å². The number of carbonyl (C=O) groups excluding carboxylic acids is 2. The largest absolute Gasteiger partial charge is 0.573 e. The van der Waals surface area contributed by atoms with Crippen molar-refractivity contribution in [3.8, 4) is 5.75 Å². The Morgan fingerprint density at radius 1 is 0.942 bits per heavy atom. The Morgan fingerprint density at radius 2 is 1.65 bits per heavy atom. The van der Waals surface area contributed by atoms with E-state index in [1.54, 1.807) is 4.90 Å². The molecule has 3 aromatic carbocycles. The SMILES string of the molecule is CCCc1ccc(CNC(=O)C2CN(c3nc4c(s3)CN(C(=O)OCc3ccccc3)CC4)CCN2S(=O)(=O)c2ccc(OC(F)(F)F)cc2)cc1. The summed E-state index contributed by atoms with van der Waals surface area (Å²) in [5.74, 6) is -1.09. The van der Waals surface area contributed by atoms with E-state index in [4.69, 9.17) is 9.72 Å². The predicted octanol–water partition coefficient (Wildman–Crippen LogP) is 5.89. The maximum atomic E-state index is 13.9. The fraction of sp³-hybridized carbons (Fsp3) is 0.361. The quantitative estimate of drug-likeness (QED) is 0.201. The molecule has 11 nitrogen and oxygen atoms in total. The average Bonchev–Trinajstić information content (AvgIpc) is 3.57. The minimum absolute atomic E-state index is 0.0228. The number of rotatable bonds is 11. The van der Waals surface area contributed by atoms with Gasteiger partial charge in [-0.05, 0) is 47.4 Å². The summed E-state index contributed by atoms with van der Waals surface area (Å²) in [5.41, 5.74) is 3.72. The van der Waals surface area contributed by atoms with Crippen molar-refractivity contribution in [2.45, 2.75) is 63.2 Å². The number of sulfonamides is 1. The van der Waals surface area contributed by atoms with Crippen molar-refractivity contribution in [2.24, 2.45) is 0 Å². The maximum Gasteiger partial charge on any atom is 0.573 e. The number of alkyl halides is 3. The molecule has 1 N–H and O–H groups in total. The molecular formula is C36H38F3N5O6S2. The van der Waals surface area contributed by atoms with Crippen molar-refractivity contribution in [3.05, 3.63) is 106 Å². The molecule has 2 amide bonds. The lowest BCUT2D eigenvalue weighted by Gasteiger charge is -2.39. The third kappa shape index (κ3) is 9.03. The molecular weight excluding hydrogens is 720 g/mol. The third-order valence-corrected chi connectivity index (χ3v) is 11.8. The summed E-state index contributed by atoms with van der Waals surface area (Å²) in [6, 6.07) is 19.9. The van der Waals surface area contributed by atoms with Gasteiger partial charge in [0.1, 0.15) is 18.4 Å². The maximum absolute atomic E-state index is 13.9. The number of piperazine rings is 1. The fourth-order valence-electron chi connectivity index (χ4n) is 6.09. The van der Waals surface area contributed by atoms with Crippen LogP contribution in [0.2, 0.25) is 0 Å². The molecule has 0 radical (unpaired) electrons. The van der Waals surface area contributed by atoms with Gasteiger partial charge in [-0.15, -0.1) is 13.2 Å². The lowest BCUT2D eigenvalue weighted by molar-refractivity contribution is -0.274. The lowest BCUT2D eigenvalue weighted by atomic mass is 10.1.